The lowest BCUT2D eigenvalue weighted by atomic mass is 9.92. The first-order chi connectivity index (χ1) is 9.82. The topological polar surface area (TPSA) is 60.9 Å². The van der Waals surface area contributed by atoms with E-state index < -0.39 is 12.0 Å². The number of carbonyl (C=O) groups is 2. The van der Waals surface area contributed by atoms with Crippen molar-refractivity contribution in [2.75, 3.05) is 6.54 Å². The van der Waals surface area contributed by atoms with Gasteiger partial charge in [-0.15, -0.1) is 0 Å². The number of piperidine rings is 1. The largest absolute Gasteiger partial charge is 0.480 e. The first-order valence-corrected chi connectivity index (χ1v) is 8.13. The molecular weight excluding hydrogens is 268 g/mol. The first kappa shape index (κ1) is 16.3. The number of carboxylic acids is 1. The van der Waals surface area contributed by atoms with E-state index in [2.05, 4.69) is 25.7 Å². The molecule has 2 heterocycles. The molecule has 5 atom stereocenters. The summed E-state index contributed by atoms with van der Waals surface area (Å²) >= 11 is 0. The number of nitrogens with zero attached hydrogens (tertiary/aromatic N) is 2. The Morgan fingerprint density at radius 2 is 1.67 bits per heavy atom. The van der Waals surface area contributed by atoms with E-state index in [4.69, 9.17) is 0 Å². The summed E-state index contributed by atoms with van der Waals surface area (Å²) < 4.78 is 0. The van der Waals surface area contributed by atoms with Crippen LogP contribution in [0.1, 0.15) is 53.4 Å². The van der Waals surface area contributed by atoms with Crippen LogP contribution in [0.15, 0.2) is 0 Å². The number of carboxylic acid groups (broad SMARTS) is 1. The zero-order valence-electron chi connectivity index (χ0n) is 13.6. The fourth-order valence-electron chi connectivity index (χ4n) is 3.99. The van der Waals surface area contributed by atoms with Crippen molar-refractivity contribution in [3.8, 4) is 0 Å². The van der Waals surface area contributed by atoms with E-state index in [0.717, 1.165) is 19.3 Å². The van der Waals surface area contributed by atoms with Crippen molar-refractivity contribution < 1.29 is 14.7 Å². The SMILES string of the molecule is CC1CCN(C(=O)C(C)N2C(C)CCC2C)C(C(=O)O)C1. The van der Waals surface area contributed by atoms with Gasteiger partial charge in [0.25, 0.3) is 0 Å². The Morgan fingerprint density at radius 1 is 1.10 bits per heavy atom. The quantitative estimate of drug-likeness (QED) is 0.865. The molecule has 2 fully saturated rings. The Balaban J connectivity index is 2.12. The summed E-state index contributed by atoms with van der Waals surface area (Å²) in [6, 6.07) is -0.0958. The average Bonchev–Trinajstić information content (AvgIpc) is 2.76. The van der Waals surface area contributed by atoms with Gasteiger partial charge in [0.2, 0.25) is 5.91 Å². The van der Waals surface area contributed by atoms with Gasteiger partial charge in [0.05, 0.1) is 6.04 Å². The van der Waals surface area contributed by atoms with Crippen LogP contribution >= 0.6 is 0 Å². The molecule has 5 nitrogen and oxygen atoms in total. The summed E-state index contributed by atoms with van der Waals surface area (Å²) in [6.07, 6.45) is 3.68. The molecule has 2 aliphatic heterocycles. The number of rotatable bonds is 3. The lowest BCUT2D eigenvalue weighted by Crippen LogP contribution is -2.57. The predicted octanol–water partition coefficient (Wildman–Crippen LogP) is 1.96. The van der Waals surface area contributed by atoms with Crippen LogP contribution in [0.4, 0.5) is 0 Å². The minimum atomic E-state index is -0.871. The molecule has 120 valence electrons. The van der Waals surface area contributed by atoms with E-state index in [1.54, 1.807) is 4.90 Å². The third kappa shape index (κ3) is 3.23. The summed E-state index contributed by atoms with van der Waals surface area (Å²) in [7, 11) is 0. The molecule has 5 unspecified atom stereocenters. The normalized spacial score (nSPS) is 35.7. The predicted molar refractivity (Wildman–Crippen MR) is 81.0 cm³/mol. The van der Waals surface area contributed by atoms with E-state index in [9.17, 15) is 14.7 Å². The first-order valence-electron chi connectivity index (χ1n) is 8.13. The Bertz CT molecular complexity index is 402. The number of likely N-dealkylation sites (tertiary alicyclic amines) is 2. The van der Waals surface area contributed by atoms with Gasteiger partial charge >= 0.3 is 5.97 Å². The molecule has 1 N–H and O–H groups in total. The van der Waals surface area contributed by atoms with Crippen LogP contribution in [0.25, 0.3) is 0 Å². The molecule has 5 heteroatoms. The van der Waals surface area contributed by atoms with Crippen LogP contribution < -0.4 is 0 Å². The van der Waals surface area contributed by atoms with E-state index in [-0.39, 0.29) is 11.9 Å². The molecule has 2 aliphatic rings. The van der Waals surface area contributed by atoms with Gasteiger partial charge in [-0.1, -0.05) is 6.92 Å². The molecule has 0 bridgehead atoms. The molecule has 0 radical (unpaired) electrons. The van der Waals surface area contributed by atoms with Gasteiger partial charge in [0.1, 0.15) is 6.04 Å². The second kappa shape index (κ2) is 6.34. The molecule has 0 saturated carbocycles. The smallest absolute Gasteiger partial charge is 0.326 e. The van der Waals surface area contributed by atoms with Crippen LogP contribution in [-0.4, -0.2) is 57.5 Å². The van der Waals surface area contributed by atoms with Gasteiger partial charge in [-0.2, -0.15) is 0 Å². The van der Waals surface area contributed by atoms with Gasteiger partial charge in [0, 0.05) is 18.6 Å². The molecule has 0 spiro atoms. The van der Waals surface area contributed by atoms with Crippen molar-refractivity contribution >= 4 is 11.9 Å². The van der Waals surface area contributed by atoms with Crippen LogP contribution in [0.3, 0.4) is 0 Å². The molecule has 1 amide bonds. The molecule has 2 rings (SSSR count). The monoisotopic (exact) mass is 296 g/mol. The van der Waals surface area contributed by atoms with E-state index in [0.29, 0.717) is 31.0 Å². The summed E-state index contributed by atoms with van der Waals surface area (Å²) in [6.45, 7) is 8.86. The molecule has 21 heavy (non-hydrogen) atoms. The standard InChI is InChI=1S/C16H28N2O3/c1-10-7-8-17(14(9-10)16(20)21)15(19)13(4)18-11(2)5-6-12(18)3/h10-14H,5-9H2,1-4H3,(H,20,21). The van der Waals surface area contributed by atoms with Crippen molar-refractivity contribution in [3.63, 3.8) is 0 Å². The maximum Gasteiger partial charge on any atom is 0.326 e. The second-order valence-corrected chi connectivity index (χ2v) is 6.91. The number of amides is 1. The number of hydrogen-bond acceptors (Lipinski definition) is 3. The summed E-state index contributed by atoms with van der Waals surface area (Å²) in [5.41, 5.74) is 0. The molecule has 0 aromatic carbocycles. The van der Waals surface area contributed by atoms with Gasteiger partial charge < -0.3 is 10.0 Å². The molecule has 2 saturated heterocycles. The average molecular weight is 296 g/mol. The fourth-order valence-corrected chi connectivity index (χ4v) is 3.99. The van der Waals surface area contributed by atoms with Crippen molar-refractivity contribution in [2.45, 2.75) is 77.5 Å². The van der Waals surface area contributed by atoms with Gasteiger partial charge in [-0.3, -0.25) is 9.69 Å². The maximum absolute atomic E-state index is 12.8. The minimum absolute atomic E-state index is 0.0186. The Labute approximate surface area is 127 Å². The zero-order chi connectivity index (χ0) is 15.7. The molecule has 0 aromatic rings. The number of carbonyl (C=O) groups excluding carboxylic acids is 1. The van der Waals surface area contributed by atoms with Crippen molar-refractivity contribution in [2.24, 2.45) is 5.92 Å². The lowest BCUT2D eigenvalue weighted by Gasteiger charge is -2.40. The second-order valence-electron chi connectivity index (χ2n) is 6.91. The summed E-state index contributed by atoms with van der Waals surface area (Å²) in [5.74, 6) is -0.519. The van der Waals surface area contributed by atoms with Crippen LogP contribution in [0.2, 0.25) is 0 Å². The minimum Gasteiger partial charge on any atom is -0.480 e. The lowest BCUT2D eigenvalue weighted by molar-refractivity contribution is -0.155. The highest BCUT2D eigenvalue weighted by Crippen LogP contribution is 2.29. The Morgan fingerprint density at radius 3 is 2.19 bits per heavy atom. The molecule has 0 aliphatic carbocycles. The van der Waals surface area contributed by atoms with Crippen LogP contribution in [-0.2, 0) is 9.59 Å². The summed E-state index contributed by atoms with van der Waals surface area (Å²) in [5, 5.41) is 9.42. The number of hydrogen-bond donors (Lipinski definition) is 1. The van der Waals surface area contributed by atoms with E-state index >= 15 is 0 Å². The zero-order valence-corrected chi connectivity index (χ0v) is 13.6. The van der Waals surface area contributed by atoms with Gasteiger partial charge in [-0.05, 0) is 52.4 Å². The third-order valence-electron chi connectivity index (χ3n) is 5.26. The maximum atomic E-state index is 12.8. The van der Waals surface area contributed by atoms with Crippen molar-refractivity contribution in [3.05, 3.63) is 0 Å². The highest BCUT2D eigenvalue weighted by molar-refractivity contribution is 5.87. The highest BCUT2D eigenvalue weighted by Gasteiger charge is 2.41. The third-order valence-corrected chi connectivity index (χ3v) is 5.26. The Hall–Kier alpha value is -1.10. The Kier molecular flexibility index (Phi) is 4.91. The van der Waals surface area contributed by atoms with Gasteiger partial charge in [0.15, 0.2) is 0 Å². The fraction of sp³-hybridized carbons (Fsp3) is 0.875. The summed E-state index contributed by atoms with van der Waals surface area (Å²) in [4.78, 5) is 28.1. The molecule has 0 aromatic heterocycles. The number of aliphatic carboxylic acids is 1. The van der Waals surface area contributed by atoms with Crippen LogP contribution in [0, 0.1) is 5.92 Å². The van der Waals surface area contributed by atoms with Crippen molar-refractivity contribution in [1.29, 1.82) is 0 Å². The van der Waals surface area contributed by atoms with Crippen LogP contribution in [0.5, 0.6) is 0 Å². The van der Waals surface area contributed by atoms with Gasteiger partial charge in [-0.25, -0.2) is 4.79 Å². The van der Waals surface area contributed by atoms with E-state index in [1.165, 1.54) is 0 Å². The van der Waals surface area contributed by atoms with E-state index in [1.807, 2.05) is 6.92 Å². The highest BCUT2D eigenvalue weighted by atomic mass is 16.4. The van der Waals surface area contributed by atoms with Crippen molar-refractivity contribution in [1.82, 2.24) is 9.80 Å². The molecular formula is C16H28N2O3.